The molecule has 0 spiro atoms. The van der Waals surface area contributed by atoms with Gasteiger partial charge in [-0.05, 0) is 45.3 Å². The van der Waals surface area contributed by atoms with Crippen LogP contribution in [0.3, 0.4) is 0 Å². The standard InChI is InChI=1S/C18H24N2O/c1-17(2,21)11-10-16(20-12-6-7-13-20)18(14-19-18)15-8-4-3-5-9-15/h3-5,8-9,16,19,21H,6-7,12-14H2,1-2H3/t16-,18+/m1/s1. The van der Waals surface area contributed by atoms with Crippen LogP contribution in [0.1, 0.15) is 32.3 Å². The summed E-state index contributed by atoms with van der Waals surface area (Å²) in [4.78, 5) is 2.46. The lowest BCUT2D eigenvalue weighted by Gasteiger charge is -2.30. The van der Waals surface area contributed by atoms with Gasteiger partial charge < -0.3 is 10.4 Å². The fourth-order valence-corrected chi connectivity index (χ4v) is 3.16. The van der Waals surface area contributed by atoms with Gasteiger partial charge in [-0.3, -0.25) is 4.90 Å². The smallest absolute Gasteiger partial charge is 0.120 e. The summed E-state index contributed by atoms with van der Waals surface area (Å²) < 4.78 is 0. The molecule has 3 heteroatoms. The average Bonchev–Trinajstić information content (AvgIpc) is 3.07. The fourth-order valence-electron chi connectivity index (χ4n) is 3.16. The largest absolute Gasteiger partial charge is 0.378 e. The summed E-state index contributed by atoms with van der Waals surface area (Å²) in [6.07, 6.45) is 2.48. The van der Waals surface area contributed by atoms with Gasteiger partial charge in [-0.1, -0.05) is 42.2 Å². The third-order valence-electron chi connectivity index (χ3n) is 4.33. The molecule has 2 saturated heterocycles. The lowest BCUT2D eigenvalue weighted by Crippen LogP contribution is -2.44. The minimum absolute atomic E-state index is 0.0656. The van der Waals surface area contributed by atoms with E-state index in [9.17, 15) is 5.11 Å². The molecule has 0 radical (unpaired) electrons. The van der Waals surface area contributed by atoms with Gasteiger partial charge in [0.05, 0.1) is 11.6 Å². The second-order valence-electron chi connectivity index (χ2n) is 6.66. The molecule has 0 aliphatic carbocycles. The topological polar surface area (TPSA) is 45.4 Å². The number of aliphatic hydroxyl groups is 1. The van der Waals surface area contributed by atoms with Gasteiger partial charge in [0.1, 0.15) is 5.60 Å². The van der Waals surface area contributed by atoms with Crippen LogP contribution in [0.25, 0.3) is 0 Å². The molecular formula is C18H24N2O. The predicted octanol–water partition coefficient (Wildman–Crippen LogP) is 1.72. The molecule has 3 nitrogen and oxygen atoms in total. The van der Waals surface area contributed by atoms with E-state index < -0.39 is 5.60 Å². The first kappa shape index (κ1) is 14.6. The third kappa shape index (κ3) is 3.13. The Morgan fingerprint density at radius 2 is 1.86 bits per heavy atom. The van der Waals surface area contributed by atoms with E-state index in [1.807, 2.05) is 6.07 Å². The summed E-state index contributed by atoms with van der Waals surface area (Å²) in [5, 5.41) is 13.5. The van der Waals surface area contributed by atoms with Crippen molar-refractivity contribution < 1.29 is 5.11 Å². The summed E-state index contributed by atoms with van der Waals surface area (Å²) in [6.45, 7) is 6.65. The molecule has 0 saturated carbocycles. The Morgan fingerprint density at radius 3 is 2.38 bits per heavy atom. The summed E-state index contributed by atoms with van der Waals surface area (Å²) >= 11 is 0. The molecule has 2 N–H and O–H groups in total. The minimum Gasteiger partial charge on any atom is -0.378 e. The molecule has 1 aromatic carbocycles. The first-order valence-electron chi connectivity index (χ1n) is 7.81. The first-order chi connectivity index (χ1) is 10.0. The van der Waals surface area contributed by atoms with E-state index in [-0.39, 0.29) is 11.6 Å². The summed E-state index contributed by atoms with van der Waals surface area (Å²) in [7, 11) is 0. The molecule has 112 valence electrons. The molecule has 0 bridgehead atoms. The highest BCUT2D eigenvalue weighted by Gasteiger charge is 2.52. The molecule has 0 aromatic heterocycles. The second kappa shape index (κ2) is 5.46. The summed E-state index contributed by atoms with van der Waals surface area (Å²) in [6, 6.07) is 10.7. The number of likely N-dealkylation sites (tertiary alicyclic amines) is 1. The highest BCUT2D eigenvalue weighted by atomic mass is 16.3. The monoisotopic (exact) mass is 284 g/mol. The van der Waals surface area contributed by atoms with Crippen LogP contribution in [0.2, 0.25) is 0 Å². The van der Waals surface area contributed by atoms with Crippen molar-refractivity contribution in [2.75, 3.05) is 19.6 Å². The van der Waals surface area contributed by atoms with Crippen molar-refractivity contribution in [1.82, 2.24) is 10.2 Å². The van der Waals surface area contributed by atoms with Gasteiger partial charge in [0.15, 0.2) is 0 Å². The van der Waals surface area contributed by atoms with Crippen LogP contribution in [0.15, 0.2) is 30.3 Å². The average molecular weight is 284 g/mol. The molecule has 2 heterocycles. The summed E-state index contributed by atoms with van der Waals surface area (Å²) in [5.41, 5.74) is 0.293. The van der Waals surface area contributed by atoms with E-state index in [0.717, 1.165) is 19.6 Å². The minimum atomic E-state index is -0.940. The lowest BCUT2D eigenvalue weighted by molar-refractivity contribution is 0.142. The van der Waals surface area contributed by atoms with Gasteiger partial charge in [0.25, 0.3) is 0 Å². The quantitative estimate of drug-likeness (QED) is 0.656. The van der Waals surface area contributed by atoms with E-state index >= 15 is 0 Å². The molecule has 21 heavy (non-hydrogen) atoms. The van der Waals surface area contributed by atoms with Gasteiger partial charge >= 0.3 is 0 Å². The van der Waals surface area contributed by atoms with E-state index in [1.54, 1.807) is 13.8 Å². The second-order valence-corrected chi connectivity index (χ2v) is 6.66. The van der Waals surface area contributed by atoms with Crippen LogP contribution in [0.5, 0.6) is 0 Å². The van der Waals surface area contributed by atoms with E-state index in [0.29, 0.717) is 0 Å². The van der Waals surface area contributed by atoms with Crippen molar-refractivity contribution in [2.24, 2.45) is 0 Å². The number of hydrogen-bond donors (Lipinski definition) is 2. The van der Waals surface area contributed by atoms with Crippen molar-refractivity contribution in [3.63, 3.8) is 0 Å². The Bertz CT molecular complexity index is 540. The summed E-state index contributed by atoms with van der Waals surface area (Å²) in [5.74, 6) is 6.40. The van der Waals surface area contributed by atoms with Crippen LogP contribution in [0, 0.1) is 11.8 Å². The number of nitrogens with zero attached hydrogens (tertiary/aromatic N) is 1. The molecule has 2 atom stereocenters. The molecule has 2 aliphatic heterocycles. The molecular weight excluding hydrogens is 260 g/mol. The zero-order valence-electron chi connectivity index (χ0n) is 12.9. The van der Waals surface area contributed by atoms with Crippen molar-refractivity contribution in [3.05, 3.63) is 35.9 Å². The molecule has 2 fully saturated rings. The zero-order valence-corrected chi connectivity index (χ0v) is 12.9. The first-order valence-corrected chi connectivity index (χ1v) is 7.81. The molecule has 3 rings (SSSR count). The molecule has 2 aliphatic rings. The van der Waals surface area contributed by atoms with Crippen LogP contribution >= 0.6 is 0 Å². The highest BCUT2D eigenvalue weighted by molar-refractivity contribution is 5.38. The van der Waals surface area contributed by atoms with Gasteiger partial charge in [-0.15, -0.1) is 0 Å². The Kier molecular flexibility index (Phi) is 3.79. The Balaban J connectivity index is 1.93. The Labute approximate surface area is 127 Å². The van der Waals surface area contributed by atoms with Crippen LogP contribution in [-0.2, 0) is 5.54 Å². The lowest BCUT2D eigenvalue weighted by atomic mass is 9.90. The maximum absolute atomic E-state index is 9.95. The van der Waals surface area contributed by atoms with Gasteiger partial charge in [-0.25, -0.2) is 0 Å². The fraction of sp³-hybridized carbons (Fsp3) is 0.556. The zero-order chi connectivity index (χ0) is 14.9. The van der Waals surface area contributed by atoms with Gasteiger partial charge in [0, 0.05) is 6.54 Å². The van der Waals surface area contributed by atoms with E-state index in [1.165, 1.54) is 18.4 Å². The van der Waals surface area contributed by atoms with Crippen molar-refractivity contribution in [2.45, 2.75) is 43.9 Å². The van der Waals surface area contributed by atoms with Crippen molar-refractivity contribution in [3.8, 4) is 11.8 Å². The van der Waals surface area contributed by atoms with Crippen molar-refractivity contribution >= 4 is 0 Å². The van der Waals surface area contributed by atoms with E-state index in [2.05, 4.69) is 46.3 Å². The van der Waals surface area contributed by atoms with Gasteiger partial charge in [0.2, 0.25) is 0 Å². The van der Waals surface area contributed by atoms with Crippen molar-refractivity contribution in [1.29, 1.82) is 0 Å². The maximum Gasteiger partial charge on any atom is 0.120 e. The molecule has 1 aromatic rings. The number of hydrogen-bond acceptors (Lipinski definition) is 3. The Morgan fingerprint density at radius 1 is 1.24 bits per heavy atom. The third-order valence-corrected chi connectivity index (χ3v) is 4.33. The Hall–Kier alpha value is -1.34. The highest BCUT2D eigenvalue weighted by Crippen LogP contribution is 2.38. The molecule has 0 amide bonds. The number of rotatable bonds is 3. The van der Waals surface area contributed by atoms with Crippen LogP contribution in [0.4, 0.5) is 0 Å². The predicted molar refractivity (Wildman–Crippen MR) is 84.8 cm³/mol. The molecule has 0 unspecified atom stereocenters. The maximum atomic E-state index is 9.95. The SMILES string of the molecule is CC(C)(O)C#C[C@@H](N1CCCC1)[C@@]1(c2ccccc2)CN1. The number of nitrogens with one attached hydrogen (secondary N) is 1. The van der Waals surface area contributed by atoms with Gasteiger partial charge in [-0.2, -0.15) is 0 Å². The number of benzene rings is 1. The normalized spacial score (nSPS) is 27.0. The van der Waals surface area contributed by atoms with E-state index in [4.69, 9.17) is 0 Å². The van der Waals surface area contributed by atoms with Crippen LogP contribution < -0.4 is 5.32 Å². The van der Waals surface area contributed by atoms with Crippen LogP contribution in [-0.4, -0.2) is 41.3 Å².